The quantitative estimate of drug-likeness (QED) is 0.468. The number of benzene rings is 3. The van der Waals surface area contributed by atoms with Crippen LogP contribution in [0.25, 0.3) is 11.1 Å². The molecule has 8 nitrogen and oxygen atoms in total. The first-order valence-corrected chi connectivity index (χ1v) is 10.8. The molecule has 1 heterocycles. The van der Waals surface area contributed by atoms with Crippen molar-refractivity contribution in [2.24, 2.45) is 0 Å². The number of hydrogen-bond acceptors (Lipinski definition) is 6. The minimum Gasteiger partial charge on any atom is -0.497 e. The van der Waals surface area contributed by atoms with Crippen LogP contribution in [0.2, 0.25) is 0 Å². The van der Waals surface area contributed by atoms with E-state index < -0.39 is 15.9 Å². The molecule has 0 spiro atoms. The van der Waals surface area contributed by atoms with Crippen molar-refractivity contribution >= 4 is 38.4 Å². The van der Waals surface area contributed by atoms with Gasteiger partial charge in [0.1, 0.15) is 11.3 Å². The highest BCUT2D eigenvalue weighted by molar-refractivity contribution is 7.92. The van der Waals surface area contributed by atoms with Crippen LogP contribution in [0.4, 0.5) is 11.4 Å². The van der Waals surface area contributed by atoms with Gasteiger partial charge in [-0.2, -0.15) is 0 Å². The molecule has 0 unspecified atom stereocenters. The molecule has 0 aliphatic rings. The van der Waals surface area contributed by atoms with E-state index in [-0.39, 0.29) is 10.5 Å². The van der Waals surface area contributed by atoms with Gasteiger partial charge >= 0.3 is 0 Å². The number of rotatable bonds is 6. The first-order valence-electron chi connectivity index (χ1n) is 9.29. The zero-order valence-corrected chi connectivity index (χ0v) is 17.6. The highest BCUT2D eigenvalue weighted by Gasteiger charge is 2.17. The Balaban J connectivity index is 1.53. The van der Waals surface area contributed by atoms with Gasteiger partial charge in [-0.25, -0.2) is 13.4 Å². The van der Waals surface area contributed by atoms with Gasteiger partial charge in [-0.05, 0) is 60.7 Å². The first-order chi connectivity index (χ1) is 14.8. The molecule has 2 N–H and O–H groups in total. The smallest absolute Gasteiger partial charge is 0.261 e. The van der Waals surface area contributed by atoms with Gasteiger partial charge in [0.15, 0.2) is 11.5 Å². The number of sulfonamides is 1. The summed E-state index contributed by atoms with van der Waals surface area (Å²) in [6, 6.07) is 17.4. The molecule has 158 valence electrons. The first kappa shape index (κ1) is 20.4. The average molecular weight is 437 g/mol. The molecular formula is C22H19N3O5S. The van der Waals surface area contributed by atoms with Gasteiger partial charge in [-0.3, -0.25) is 9.52 Å². The van der Waals surface area contributed by atoms with E-state index in [1.807, 2.05) is 0 Å². The van der Waals surface area contributed by atoms with Crippen molar-refractivity contribution in [1.29, 1.82) is 0 Å². The Labute approximate surface area is 178 Å². The third-order valence-electron chi connectivity index (χ3n) is 4.50. The number of ether oxygens (including phenoxy) is 1. The van der Waals surface area contributed by atoms with Crippen molar-refractivity contribution in [3.05, 3.63) is 78.2 Å². The number of carbonyl (C=O) groups is 1. The molecule has 4 rings (SSSR count). The molecule has 31 heavy (non-hydrogen) atoms. The fourth-order valence-corrected chi connectivity index (χ4v) is 4.11. The summed E-state index contributed by atoms with van der Waals surface area (Å²) in [4.78, 5) is 16.9. The van der Waals surface area contributed by atoms with Crippen LogP contribution in [-0.2, 0) is 10.0 Å². The number of hydrogen-bond donors (Lipinski definition) is 2. The number of amides is 1. The standard InChI is InChI=1S/C22H19N3O5S/c1-14-23-20-13-17(8-11-21(20)30-14)24-22(26)15-4-3-5-19(12-15)31(27,28)25-16-6-9-18(29-2)10-7-16/h3-13,25H,1-2H3,(H,24,26). The molecule has 0 radical (unpaired) electrons. The number of anilines is 2. The maximum atomic E-state index is 12.7. The Morgan fingerprint density at radius 2 is 1.74 bits per heavy atom. The van der Waals surface area contributed by atoms with Crippen molar-refractivity contribution in [2.75, 3.05) is 17.1 Å². The normalized spacial score (nSPS) is 11.3. The molecule has 3 aromatic carbocycles. The zero-order valence-electron chi connectivity index (χ0n) is 16.7. The second-order valence-electron chi connectivity index (χ2n) is 6.73. The van der Waals surface area contributed by atoms with Crippen LogP contribution < -0.4 is 14.8 Å². The number of fused-ring (bicyclic) bond motifs is 1. The predicted octanol–water partition coefficient (Wildman–Crippen LogP) is 4.20. The van der Waals surface area contributed by atoms with Gasteiger partial charge < -0.3 is 14.5 Å². The third-order valence-corrected chi connectivity index (χ3v) is 5.88. The minimum atomic E-state index is -3.88. The molecule has 0 bridgehead atoms. The Bertz CT molecular complexity index is 1360. The van der Waals surface area contributed by atoms with Gasteiger partial charge in [0.05, 0.1) is 12.0 Å². The third kappa shape index (κ3) is 4.51. The van der Waals surface area contributed by atoms with E-state index in [0.29, 0.717) is 34.1 Å². The molecule has 9 heteroatoms. The van der Waals surface area contributed by atoms with Crippen molar-refractivity contribution in [2.45, 2.75) is 11.8 Å². The average Bonchev–Trinajstić information content (AvgIpc) is 3.13. The van der Waals surface area contributed by atoms with Gasteiger partial charge in [0.2, 0.25) is 0 Å². The van der Waals surface area contributed by atoms with Crippen LogP contribution in [0.15, 0.2) is 76.0 Å². The van der Waals surface area contributed by atoms with Gasteiger partial charge in [0.25, 0.3) is 15.9 Å². The van der Waals surface area contributed by atoms with E-state index in [1.54, 1.807) is 55.5 Å². The summed E-state index contributed by atoms with van der Waals surface area (Å²) in [6.45, 7) is 1.74. The number of oxazole rings is 1. The molecule has 0 saturated carbocycles. The lowest BCUT2D eigenvalue weighted by Crippen LogP contribution is -2.16. The number of methoxy groups -OCH3 is 1. The topological polar surface area (TPSA) is 111 Å². The molecule has 1 aromatic heterocycles. The minimum absolute atomic E-state index is 0.0291. The van der Waals surface area contributed by atoms with Crippen LogP contribution in [0.1, 0.15) is 16.2 Å². The van der Waals surface area contributed by atoms with Crippen molar-refractivity contribution < 1.29 is 22.4 Å². The van der Waals surface area contributed by atoms with E-state index in [4.69, 9.17) is 9.15 Å². The van der Waals surface area contributed by atoms with Crippen LogP contribution in [-0.4, -0.2) is 26.4 Å². The van der Waals surface area contributed by atoms with Crippen LogP contribution in [0.5, 0.6) is 5.75 Å². The van der Waals surface area contributed by atoms with E-state index in [2.05, 4.69) is 15.0 Å². The Hall–Kier alpha value is -3.85. The number of nitrogens with zero attached hydrogens (tertiary/aromatic N) is 1. The monoisotopic (exact) mass is 437 g/mol. The van der Waals surface area contributed by atoms with Gasteiger partial charge in [0, 0.05) is 23.9 Å². The zero-order chi connectivity index (χ0) is 22.0. The maximum absolute atomic E-state index is 12.7. The molecule has 0 saturated heterocycles. The highest BCUT2D eigenvalue weighted by Crippen LogP contribution is 2.22. The lowest BCUT2D eigenvalue weighted by molar-refractivity contribution is 0.102. The van der Waals surface area contributed by atoms with Crippen LogP contribution in [0.3, 0.4) is 0 Å². The number of aryl methyl sites for hydroxylation is 1. The maximum Gasteiger partial charge on any atom is 0.261 e. The molecule has 1 amide bonds. The summed E-state index contributed by atoms with van der Waals surface area (Å²) in [5.74, 6) is 0.697. The summed E-state index contributed by atoms with van der Waals surface area (Å²) < 4.78 is 38.5. The van der Waals surface area contributed by atoms with Crippen molar-refractivity contribution in [3.8, 4) is 5.75 Å². The van der Waals surface area contributed by atoms with Crippen molar-refractivity contribution in [3.63, 3.8) is 0 Å². The lowest BCUT2D eigenvalue weighted by atomic mass is 10.2. The Morgan fingerprint density at radius 3 is 2.48 bits per heavy atom. The number of nitrogens with one attached hydrogen (secondary N) is 2. The van der Waals surface area contributed by atoms with Gasteiger partial charge in [-0.1, -0.05) is 6.07 Å². The van der Waals surface area contributed by atoms with E-state index in [9.17, 15) is 13.2 Å². The molecule has 0 aliphatic carbocycles. The SMILES string of the molecule is COc1ccc(NS(=O)(=O)c2cccc(C(=O)Nc3ccc4oc(C)nc4c3)c2)cc1. The van der Waals surface area contributed by atoms with E-state index in [1.165, 1.54) is 25.3 Å². The van der Waals surface area contributed by atoms with Crippen molar-refractivity contribution in [1.82, 2.24) is 4.98 Å². The summed E-state index contributed by atoms with van der Waals surface area (Å²) in [6.07, 6.45) is 0. The summed E-state index contributed by atoms with van der Waals surface area (Å²) in [5.41, 5.74) is 2.35. The molecule has 0 aliphatic heterocycles. The highest BCUT2D eigenvalue weighted by atomic mass is 32.2. The van der Waals surface area contributed by atoms with E-state index >= 15 is 0 Å². The van der Waals surface area contributed by atoms with E-state index in [0.717, 1.165) is 0 Å². The largest absolute Gasteiger partial charge is 0.497 e. The summed E-state index contributed by atoms with van der Waals surface area (Å²) >= 11 is 0. The predicted molar refractivity (Wildman–Crippen MR) is 117 cm³/mol. The second-order valence-corrected chi connectivity index (χ2v) is 8.41. The molecule has 4 aromatic rings. The molecule has 0 atom stereocenters. The van der Waals surface area contributed by atoms with Crippen LogP contribution >= 0.6 is 0 Å². The Morgan fingerprint density at radius 1 is 1.00 bits per heavy atom. The van der Waals surface area contributed by atoms with Crippen LogP contribution in [0, 0.1) is 6.92 Å². The summed E-state index contributed by atoms with van der Waals surface area (Å²) in [7, 11) is -2.35. The molecule has 0 fully saturated rings. The lowest BCUT2D eigenvalue weighted by Gasteiger charge is -2.10. The number of carbonyl (C=O) groups excluding carboxylic acids is 1. The second kappa shape index (κ2) is 8.11. The molecular weight excluding hydrogens is 418 g/mol. The van der Waals surface area contributed by atoms with Gasteiger partial charge in [-0.15, -0.1) is 0 Å². The summed E-state index contributed by atoms with van der Waals surface area (Å²) in [5, 5.41) is 2.75. The number of aromatic nitrogens is 1. The Kier molecular flexibility index (Phi) is 5.35. The fraction of sp³-hybridized carbons (Fsp3) is 0.0909. The fourth-order valence-electron chi connectivity index (χ4n) is 3.00.